The van der Waals surface area contributed by atoms with Crippen molar-refractivity contribution >= 4 is 33.2 Å². The third-order valence-corrected chi connectivity index (χ3v) is 5.04. The first-order valence-corrected chi connectivity index (χ1v) is 9.48. The molecule has 7 nitrogen and oxygen atoms in total. The van der Waals surface area contributed by atoms with Crippen LogP contribution in [0.25, 0.3) is 0 Å². The van der Waals surface area contributed by atoms with E-state index in [1.165, 1.54) is 43.0 Å². The highest BCUT2D eigenvalue weighted by Gasteiger charge is 2.16. The van der Waals surface area contributed by atoms with Crippen molar-refractivity contribution in [3.05, 3.63) is 54.6 Å². The highest BCUT2D eigenvalue weighted by Crippen LogP contribution is 2.15. The normalized spacial score (nSPS) is 11.0. The molecule has 0 heterocycles. The van der Waals surface area contributed by atoms with Gasteiger partial charge in [0.2, 0.25) is 21.8 Å². The number of hydrogen-bond donors (Lipinski definition) is 2. The average Bonchev–Trinajstić information content (AvgIpc) is 2.59. The van der Waals surface area contributed by atoms with E-state index in [4.69, 9.17) is 0 Å². The van der Waals surface area contributed by atoms with Gasteiger partial charge in [-0.05, 0) is 36.4 Å². The minimum Gasteiger partial charge on any atom is -0.326 e. The lowest BCUT2D eigenvalue weighted by molar-refractivity contribution is -0.116. The number of sulfonamides is 1. The van der Waals surface area contributed by atoms with Crippen LogP contribution in [0.5, 0.6) is 0 Å². The van der Waals surface area contributed by atoms with Gasteiger partial charge in [-0.2, -0.15) is 0 Å². The predicted octanol–water partition coefficient (Wildman–Crippen LogP) is 1.98. The summed E-state index contributed by atoms with van der Waals surface area (Å²) in [4.78, 5) is 24.4. The third kappa shape index (κ3) is 5.40. The van der Waals surface area contributed by atoms with Gasteiger partial charge in [0.25, 0.3) is 0 Å². The number of nitrogens with one attached hydrogen (secondary N) is 2. The van der Waals surface area contributed by atoms with Crippen LogP contribution >= 0.6 is 0 Å². The van der Waals surface area contributed by atoms with Gasteiger partial charge < -0.3 is 10.2 Å². The number of carbonyl (C=O) groups excluding carboxylic acids is 2. The molecule has 138 valence electrons. The van der Waals surface area contributed by atoms with Crippen molar-refractivity contribution in [2.45, 2.75) is 18.7 Å². The number of hydrogen-bond acceptors (Lipinski definition) is 4. The maximum absolute atomic E-state index is 12.4. The number of amides is 2. The first kappa shape index (κ1) is 19.6. The number of rotatable bonds is 7. The predicted molar refractivity (Wildman–Crippen MR) is 100 cm³/mol. The fourth-order valence-electron chi connectivity index (χ4n) is 2.37. The van der Waals surface area contributed by atoms with E-state index >= 15 is 0 Å². The second kappa shape index (κ2) is 8.59. The van der Waals surface area contributed by atoms with Crippen LogP contribution in [0.3, 0.4) is 0 Å². The lowest BCUT2D eigenvalue weighted by atomic mass is 10.3. The second-order valence-electron chi connectivity index (χ2n) is 5.61. The van der Waals surface area contributed by atoms with E-state index in [1.54, 1.807) is 12.1 Å². The Morgan fingerprint density at radius 1 is 0.962 bits per heavy atom. The summed E-state index contributed by atoms with van der Waals surface area (Å²) < 4.78 is 27.2. The van der Waals surface area contributed by atoms with Crippen molar-refractivity contribution in [2.75, 3.05) is 23.3 Å². The lowest BCUT2D eigenvalue weighted by Crippen LogP contribution is -2.37. The number of nitrogens with zero attached hydrogens (tertiary/aromatic N) is 1. The minimum absolute atomic E-state index is 0.0737. The first-order chi connectivity index (χ1) is 12.3. The van der Waals surface area contributed by atoms with Crippen LogP contribution in [0.2, 0.25) is 0 Å². The van der Waals surface area contributed by atoms with Crippen LogP contribution < -0.4 is 14.9 Å². The maximum atomic E-state index is 12.4. The number of para-hydroxylation sites is 1. The molecule has 0 aliphatic carbocycles. The van der Waals surface area contributed by atoms with E-state index in [-0.39, 0.29) is 29.8 Å². The van der Waals surface area contributed by atoms with E-state index in [1.807, 2.05) is 18.2 Å². The molecular weight excluding hydrogens is 354 g/mol. The van der Waals surface area contributed by atoms with Crippen LogP contribution in [0, 0.1) is 0 Å². The molecule has 0 saturated heterocycles. The van der Waals surface area contributed by atoms with E-state index in [0.29, 0.717) is 11.4 Å². The van der Waals surface area contributed by atoms with Crippen molar-refractivity contribution < 1.29 is 18.0 Å². The lowest BCUT2D eigenvalue weighted by Gasteiger charge is -2.21. The quantitative estimate of drug-likeness (QED) is 0.773. The monoisotopic (exact) mass is 375 g/mol. The topological polar surface area (TPSA) is 95.6 Å². The third-order valence-electron chi connectivity index (χ3n) is 3.56. The highest BCUT2D eigenvalue weighted by molar-refractivity contribution is 7.89. The van der Waals surface area contributed by atoms with Crippen LogP contribution in [0.4, 0.5) is 11.4 Å². The molecule has 0 saturated carbocycles. The summed E-state index contributed by atoms with van der Waals surface area (Å²) >= 11 is 0. The molecule has 0 spiro atoms. The summed E-state index contributed by atoms with van der Waals surface area (Å²) in [6.07, 6.45) is 0. The molecule has 2 rings (SSSR count). The van der Waals surface area contributed by atoms with E-state index < -0.39 is 10.0 Å². The van der Waals surface area contributed by atoms with E-state index in [9.17, 15) is 18.0 Å². The van der Waals surface area contributed by atoms with Crippen molar-refractivity contribution in [1.82, 2.24) is 4.72 Å². The molecular formula is C18H21N3O4S. The summed E-state index contributed by atoms with van der Waals surface area (Å²) in [6, 6.07) is 14.9. The number of anilines is 2. The van der Waals surface area contributed by atoms with Crippen molar-refractivity contribution in [1.29, 1.82) is 0 Å². The van der Waals surface area contributed by atoms with Gasteiger partial charge in [-0.3, -0.25) is 9.59 Å². The molecule has 0 aromatic heterocycles. The smallest absolute Gasteiger partial charge is 0.240 e. The van der Waals surface area contributed by atoms with Crippen molar-refractivity contribution in [2.24, 2.45) is 0 Å². The van der Waals surface area contributed by atoms with Crippen molar-refractivity contribution in [3.63, 3.8) is 0 Å². The maximum Gasteiger partial charge on any atom is 0.240 e. The molecule has 2 aromatic carbocycles. The molecule has 0 radical (unpaired) electrons. The molecule has 0 atom stereocenters. The largest absolute Gasteiger partial charge is 0.326 e. The Morgan fingerprint density at radius 2 is 1.58 bits per heavy atom. The zero-order valence-corrected chi connectivity index (χ0v) is 15.4. The van der Waals surface area contributed by atoms with Gasteiger partial charge in [0, 0.05) is 38.3 Å². The van der Waals surface area contributed by atoms with Gasteiger partial charge in [-0.25, -0.2) is 13.1 Å². The Labute approximate surface area is 153 Å². The summed E-state index contributed by atoms with van der Waals surface area (Å²) in [7, 11) is -3.71. The molecule has 0 aliphatic heterocycles. The van der Waals surface area contributed by atoms with Gasteiger partial charge in [-0.15, -0.1) is 0 Å². The summed E-state index contributed by atoms with van der Waals surface area (Å²) in [5.41, 5.74) is 1.22. The van der Waals surface area contributed by atoms with Crippen LogP contribution in [-0.2, 0) is 19.6 Å². The average molecular weight is 375 g/mol. The Kier molecular flexibility index (Phi) is 6.48. The van der Waals surface area contributed by atoms with Crippen LogP contribution in [-0.4, -0.2) is 33.3 Å². The molecule has 0 unspecified atom stereocenters. The molecule has 2 aromatic rings. The van der Waals surface area contributed by atoms with E-state index in [0.717, 1.165) is 0 Å². The molecule has 0 bridgehead atoms. The summed E-state index contributed by atoms with van der Waals surface area (Å²) in [5.74, 6) is -0.404. The van der Waals surface area contributed by atoms with Gasteiger partial charge in [0.1, 0.15) is 0 Å². The standard InChI is InChI=1S/C18H21N3O4S/c1-14(22)20-16-8-10-18(11-9-16)26(24,25)19-12-13-21(15(2)23)17-6-4-3-5-7-17/h3-11,19H,12-13H2,1-2H3,(H,20,22). The van der Waals surface area contributed by atoms with Gasteiger partial charge in [0.15, 0.2) is 0 Å². The summed E-state index contributed by atoms with van der Waals surface area (Å²) in [5, 5.41) is 2.57. The number of benzene rings is 2. The molecule has 8 heteroatoms. The van der Waals surface area contributed by atoms with Gasteiger partial charge >= 0.3 is 0 Å². The number of carbonyl (C=O) groups is 2. The minimum atomic E-state index is -3.71. The Hall–Kier alpha value is -2.71. The van der Waals surface area contributed by atoms with Crippen molar-refractivity contribution in [3.8, 4) is 0 Å². The summed E-state index contributed by atoms with van der Waals surface area (Å²) in [6.45, 7) is 3.09. The highest BCUT2D eigenvalue weighted by atomic mass is 32.2. The molecule has 2 amide bonds. The zero-order chi connectivity index (χ0) is 19.2. The molecule has 0 aliphatic rings. The second-order valence-corrected chi connectivity index (χ2v) is 7.38. The Morgan fingerprint density at radius 3 is 2.12 bits per heavy atom. The fraction of sp³-hybridized carbons (Fsp3) is 0.222. The molecule has 2 N–H and O–H groups in total. The van der Waals surface area contributed by atoms with Gasteiger partial charge in [0.05, 0.1) is 4.90 Å². The SMILES string of the molecule is CC(=O)Nc1ccc(S(=O)(=O)NCCN(C(C)=O)c2ccccc2)cc1. The first-order valence-electron chi connectivity index (χ1n) is 8.00. The van der Waals surface area contributed by atoms with Crippen LogP contribution in [0.1, 0.15) is 13.8 Å². The van der Waals surface area contributed by atoms with Crippen LogP contribution in [0.15, 0.2) is 59.5 Å². The zero-order valence-electron chi connectivity index (χ0n) is 14.6. The van der Waals surface area contributed by atoms with E-state index in [2.05, 4.69) is 10.0 Å². The molecule has 26 heavy (non-hydrogen) atoms. The Bertz CT molecular complexity index is 865. The fourth-order valence-corrected chi connectivity index (χ4v) is 3.39. The molecule has 0 fully saturated rings. The van der Waals surface area contributed by atoms with Gasteiger partial charge in [-0.1, -0.05) is 18.2 Å². The Balaban J connectivity index is 2.00.